The van der Waals surface area contributed by atoms with Gasteiger partial charge in [0.15, 0.2) is 9.84 Å². The summed E-state index contributed by atoms with van der Waals surface area (Å²) in [5.41, 5.74) is 0. The quantitative estimate of drug-likeness (QED) is 0.836. The van der Waals surface area contributed by atoms with Crippen molar-refractivity contribution in [3.05, 3.63) is 18.2 Å². The van der Waals surface area contributed by atoms with Crippen molar-refractivity contribution in [3.8, 4) is 0 Å². The van der Waals surface area contributed by atoms with Gasteiger partial charge in [-0.15, -0.1) is 0 Å². The lowest BCUT2D eigenvalue weighted by atomic mass is 10.2. The van der Waals surface area contributed by atoms with E-state index in [0.29, 0.717) is 5.82 Å². The number of hydrogen-bond acceptors (Lipinski definition) is 4. The van der Waals surface area contributed by atoms with Crippen LogP contribution in [0, 0.1) is 0 Å². The summed E-state index contributed by atoms with van der Waals surface area (Å²) >= 11 is 0. The average molecular weight is 259 g/mol. The number of sulfone groups is 1. The van der Waals surface area contributed by atoms with Crippen LogP contribution in [-0.4, -0.2) is 47.2 Å². The first kappa shape index (κ1) is 13.7. The molecule has 0 fully saturated rings. The first-order valence-corrected chi connectivity index (χ1v) is 6.99. The number of aromatic amines is 1. The van der Waals surface area contributed by atoms with Gasteiger partial charge in [0, 0.05) is 25.7 Å². The van der Waals surface area contributed by atoms with Crippen LogP contribution in [0.15, 0.2) is 12.4 Å². The fourth-order valence-electron chi connectivity index (χ4n) is 1.30. The molecule has 17 heavy (non-hydrogen) atoms. The lowest BCUT2D eigenvalue weighted by molar-refractivity contribution is -0.132. The van der Waals surface area contributed by atoms with Crippen molar-refractivity contribution in [3.63, 3.8) is 0 Å². The molecule has 96 valence electrons. The van der Waals surface area contributed by atoms with Crippen LogP contribution in [0.2, 0.25) is 0 Å². The summed E-state index contributed by atoms with van der Waals surface area (Å²) in [6.07, 6.45) is 4.29. The van der Waals surface area contributed by atoms with E-state index in [1.165, 1.54) is 18.7 Å². The molecule has 0 aromatic carbocycles. The zero-order chi connectivity index (χ0) is 13.3. The van der Waals surface area contributed by atoms with Gasteiger partial charge in [0.25, 0.3) is 0 Å². The lowest BCUT2D eigenvalue weighted by Gasteiger charge is -2.27. The number of carbonyl (C=O) groups is 1. The molecule has 0 aliphatic heterocycles. The molecule has 0 unspecified atom stereocenters. The van der Waals surface area contributed by atoms with Crippen molar-refractivity contribution in [1.82, 2.24) is 14.9 Å². The molecule has 0 spiro atoms. The third kappa shape index (κ3) is 2.85. The molecule has 7 heteroatoms. The van der Waals surface area contributed by atoms with Gasteiger partial charge in [-0.3, -0.25) is 4.79 Å². The highest BCUT2D eigenvalue weighted by molar-refractivity contribution is 7.92. The van der Waals surface area contributed by atoms with Crippen molar-refractivity contribution >= 4 is 15.7 Å². The molecular weight excluding hydrogens is 242 g/mol. The van der Waals surface area contributed by atoms with Crippen LogP contribution < -0.4 is 0 Å². The van der Waals surface area contributed by atoms with Crippen LogP contribution in [-0.2, 0) is 21.2 Å². The monoisotopic (exact) mass is 259 g/mol. The van der Waals surface area contributed by atoms with Crippen LogP contribution in [0.4, 0.5) is 0 Å². The van der Waals surface area contributed by atoms with Gasteiger partial charge in [-0.2, -0.15) is 0 Å². The summed E-state index contributed by atoms with van der Waals surface area (Å²) in [7, 11) is -1.89. The van der Waals surface area contributed by atoms with E-state index in [1.807, 2.05) is 0 Å². The van der Waals surface area contributed by atoms with Crippen molar-refractivity contribution in [2.24, 2.45) is 0 Å². The van der Waals surface area contributed by atoms with Crippen LogP contribution in [0.25, 0.3) is 0 Å². The first-order chi connectivity index (χ1) is 7.66. The smallest absolute Gasteiger partial charge is 0.243 e. The van der Waals surface area contributed by atoms with Gasteiger partial charge < -0.3 is 9.88 Å². The van der Waals surface area contributed by atoms with Gasteiger partial charge in [-0.25, -0.2) is 13.4 Å². The fourth-order valence-corrected chi connectivity index (χ4v) is 1.77. The second-order valence-corrected chi connectivity index (χ2v) is 7.04. The summed E-state index contributed by atoms with van der Waals surface area (Å²) in [6, 6.07) is 0. The Bertz CT molecular complexity index is 491. The topological polar surface area (TPSA) is 83.1 Å². The van der Waals surface area contributed by atoms with Gasteiger partial charge in [-0.05, 0) is 13.8 Å². The SMILES string of the molecule is CN(Cc1ncc[nH]1)C(=O)C(C)(C)S(C)(=O)=O. The Kier molecular flexibility index (Phi) is 3.61. The summed E-state index contributed by atoms with van der Waals surface area (Å²) in [4.78, 5) is 20.2. The molecule has 1 heterocycles. The Hall–Kier alpha value is -1.37. The van der Waals surface area contributed by atoms with E-state index < -0.39 is 20.5 Å². The molecule has 0 bridgehead atoms. The number of nitrogens with one attached hydrogen (secondary N) is 1. The van der Waals surface area contributed by atoms with Crippen molar-refractivity contribution in [2.45, 2.75) is 25.1 Å². The maximum absolute atomic E-state index is 12.0. The van der Waals surface area contributed by atoms with Gasteiger partial charge in [0.1, 0.15) is 10.6 Å². The molecule has 0 aliphatic rings. The van der Waals surface area contributed by atoms with Crippen molar-refractivity contribution in [1.29, 1.82) is 0 Å². The van der Waals surface area contributed by atoms with Crippen LogP contribution in [0.1, 0.15) is 19.7 Å². The minimum Gasteiger partial charge on any atom is -0.347 e. The molecule has 1 amide bonds. The normalized spacial score (nSPS) is 12.5. The van der Waals surface area contributed by atoms with Gasteiger partial charge in [-0.1, -0.05) is 0 Å². The zero-order valence-electron chi connectivity index (χ0n) is 10.4. The molecule has 1 rings (SSSR count). The Morgan fingerprint density at radius 3 is 2.53 bits per heavy atom. The molecule has 1 aromatic heterocycles. The highest BCUT2D eigenvalue weighted by Crippen LogP contribution is 2.18. The summed E-state index contributed by atoms with van der Waals surface area (Å²) < 4.78 is 21.6. The average Bonchev–Trinajstić information content (AvgIpc) is 2.67. The molecule has 0 saturated carbocycles. The predicted octanol–water partition coefficient (Wildman–Crippen LogP) is 0.191. The molecule has 0 radical (unpaired) electrons. The van der Waals surface area contributed by atoms with E-state index in [9.17, 15) is 13.2 Å². The second kappa shape index (κ2) is 4.48. The summed E-state index contributed by atoms with van der Waals surface area (Å²) in [6.45, 7) is 3.07. The van der Waals surface area contributed by atoms with E-state index in [1.54, 1.807) is 19.4 Å². The molecule has 0 aliphatic carbocycles. The van der Waals surface area contributed by atoms with Gasteiger partial charge >= 0.3 is 0 Å². The number of aromatic nitrogens is 2. The van der Waals surface area contributed by atoms with E-state index in [4.69, 9.17) is 0 Å². The molecule has 1 aromatic rings. The fraction of sp³-hybridized carbons (Fsp3) is 0.600. The van der Waals surface area contributed by atoms with E-state index in [-0.39, 0.29) is 6.54 Å². The molecule has 1 N–H and O–H groups in total. The minimum absolute atomic E-state index is 0.255. The van der Waals surface area contributed by atoms with E-state index >= 15 is 0 Å². The third-order valence-corrected chi connectivity index (χ3v) is 4.76. The van der Waals surface area contributed by atoms with Crippen molar-refractivity contribution in [2.75, 3.05) is 13.3 Å². The third-order valence-electron chi connectivity index (χ3n) is 2.73. The number of carbonyl (C=O) groups excluding carboxylic acids is 1. The predicted molar refractivity (Wildman–Crippen MR) is 64.0 cm³/mol. The molecule has 6 nitrogen and oxygen atoms in total. The highest BCUT2D eigenvalue weighted by atomic mass is 32.2. The number of H-pyrrole nitrogens is 1. The molecule has 0 atom stereocenters. The van der Waals surface area contributed by atoms with Crippen molar-refractivity contribution < 1.29 is 13.2 Å². The van der Waals surface area contributed by atoms with E-state index in [0.717, 1.165) is 6.26 Å². The van der Waals surface area contributed by atoms with Crippen LogP contribution in [0.3, 0.4) is 0 Å². The molecule has 0 saturated heterocycles. The summed E-state index contributed by atoms with van der Waals surface area (Å²) in [5.74, 6) is 0.168. The Balaban J connectivity index is 2.84. The maximum Gasteiger partial charge on any atom is 0.243 e. The number of nitrogens with zero attached hydrogens (tertiary/aromatic N) is 2. The number of rotatable bonds is 4. The van der Waals surface area contributed by atoms with E-state index in [2.05, 4.69) is 9.97 Å². The van der Waals surface area contributed by atoms with Crippen LogP contribution >= 0.6 is 0 Å². The minimum atomic E-state index is -3.45. The Morgan fingerprint density at radius 2 is 2.12 bits per heavy atom. The summed E-state index contributed by atoms with van der Waals surface area (Å²) in [5, 5.41) is 0. The number of hydrogen-bond donors (Lipinski definition) is 1. The largest absolute Gasteiger partial charge is 0.347 e. The highest BCUT2D eigenvalue weighted by Gasteiger charge is 2.40. The van der Waals surface area contributed by atoms with Gasteiger partial charge in [0.05, 0.1) is 6.54 Å². The Labute approximate surface area is 101 Å². The standard InChI is InChI=1S/C10H17N3O3S/c1-10(2,17(4,15)16)9(14)13(3)7-8-11-5-6-12-8/h5-6H,7H2,1-4H3,(H,11,12). The van der Waals surface area contributed by atoms with Gasteiger partial charge in [0.2, 0.25) is 5.91 Å². The molecular formula is C10H17N3O3S. The lowest BCUT2D eigenvalue weighted by Crippen LogP contribution is -2.48. The number of amides is 1. The maximum atomic E-state index is 12.0. The first-order valence-electron chi connectivity index (χ1n) is 5.09. The number of imidazole rings is 1. The van der Waals surface area contributed by atoms with Crippen LogP contribution in [0.5, 0.6) is 0 Å². The second-order valence-electron chi connectivity index (χ2n) is 4.48. The zero-order valence-corrected chi connectivity index (χ0v) is 11.2. The Morgan fingerprint density at radius 1 is 1.53 bits per heavy atom.